The van der Waals surface area contributed by atoms with E-state index in [0.717, 1.165) is 12.1 Å². The summed E-state index contributed by atoms with van der Waals surface area (Å²) in [5, 5.41) is 8.60. The Morgan fingerprint density at radius 2 is 2.33 bits per heavy atom. The number of aromatic nitrogens is 1. The van der Waals surface area contributed by atoms with Crippen LogP contribution < -0.4 is 4.90 Å². The molecule has 1 N–H and O–H groups in total. The van der Waals surface area contributed by atoms with Crippen molar-refractivity contribution < 1.29 is 9.90 Å². The summed E-state index contributed by atoms with van der Waals surface area (Å²) in [6, 6.07) is 3.64. The number of aliphatic hydroxyl groups is 1. The number of carbonyl (C=O) groups excluding carboxylic acids is 1. The number of anilines is 1. The van der Waals surface area contributed by atoms with Gasteiger partial charge in [-0.2, -0.15) is 0 Å². The Balaban J connectivity index is 2.46. The van der Waals surface area contributed by atoms with Crippen LogP contribution in [0.3, 0.4) is 0 Å². The largest absolute Gasteiger partial charge is 0.396 e. The van der Waals surface area contributed by atoms with Crippen LogP contribution in [0.25, 0.3) is 0 Å². The van der Waals surface area contributed by atoms with E-state index in [-0.39, 0.29) is 12.5 Å². The van der Waals surface area contributed by atoms with Gasteiger partial charge in [0.2, 0.25) is 5.91 Å². The number of unbranched alkanes of at least 4 members (excludes halogenated alkanes) is 1. The molecule has 1 rings (SSSR count). The average Bonchev–Trinajstić information content (AvgIpc) is 2.29. The molecular weight excluding hydrogens is 192 g/mol. The minimum Gasteiger partial charge on any atom is -0.396 e. The van der Waals surface area contributed by atoms with Gasteiger partial charge in [0.05, 0.1) is 11.9 Å². The molecule has 1 aromatic heterocycles. The van der Waals surface area contributed by atoms with Crippen LogP contribution in [-0.4, -0.2) is 29.7 Å². The fourth-order valence-electron chi connectivity index (χ4n) is 1.25. The average molecular weight is 208 g/mol. The second-order valence-corrected chi connectivity index (χ2v) is 3.34. The highest BCUT2D eigenvalue weighted by Gasteiger charge is 2.09. The Bertz CT molecular complexity index is 301. The molecule has 0 spiro atoms. The van der Waals surface area contributed by atoms with Gasteiger partial charge in [-0.05, 0) is 25.0 Å². The molecular formula is C11H16N2O2. The molecule has 0 aliphatic heterocycles. The first-order valence-corrected chi connectivity index (χ1v) is 5.03. The number of nitrogens with zero attached hydrogens (tertiary/aromatic N) is 2. The lowest BCUT2D eigenvalue weighted by Gasteiger charge is -2.16. The van der Waals surface area contributed by atoms with Crippen LogP contribution in [0.5, 0.6) is 0 Å². The third-order valence-corrected chi connectivity index (χ3v) is 2.21. The molecule has 0 aliphatic carbocycles. The fraction of sp³-hybridized carbons (Fsp3) is 0.455. The van der Waals surface area contributed by atoms with Gasteiger partial charge >= 0.3 is 0 Å². The topological polar surface area (TPSA) is 53.4 Å². The number of carbonyl (C=O) groups is 1. The van der Waals surface area contributed by atoms with E-state index in [2.05, 4.69) is 4.98 Å². The maximum Gasteiger partial charge on any atom is 0.226 e. The van der Waals surface area contributed by atoms with E-state index < -0.39 is 0 Å². The molecule has 1 amide bonds. The summed E-state index contributed by atoms with van der Waals surface area (Å²) in [5.41, 5.74) is 0.798. The summed E-state index contributed by atoms with van der Waals surface area (Å²) in [6.07, 6.45) is 5.19. The molecule has 0 fully saturated rings. The molecule has 0 aromatic carbocycles. The zero-order chi connectivity index (χ0) is 11.1. The number of pyridine rings is 1. The molecule has 82 valence electrons. The zero-order valence-electron chi connectivity index (χ0n) is 8.89. The van der Waals surface area contributed by atoms with Crippen molar-refractivity contribution >= 4 is 11.6 Å². The molecule has 0 radical (unpaired) electrons. The van der Waals surface area contributed by atoms with Gasteiger partial charge < -0.3 is 10.0 Å². The minimum absolute atomic E-state index is 0.0523. The summed E-state index contributed by atoms with van der Waals surface area (Å²) >= 11 is 0. The first-order chi connectivity index (χ1) is 7.25. The van der Waals surface area contributed by atoms with E-state index in [1.807, 2.05) is 6.07 Å². The molecule has 1 heterocycles. The number of hydrogen-bond acceptors (Lipinski definition) is 3. The summed E-state index contributed by atoms with van der Waals surface area (Å²) in [4.78, 5) is 17.2. The van der Waals surface area contributed by atoms with Gasteiger partial charge in [0.25, 0.3) is 0 Å². The lowest BCUT2D eigenvalue weighted by Crippen LogP contribution is -2.25. The van der Waals surface area contributed by atoms with Crippen molar-refractivity contribution in [3.05, 3.63) is 24.5 Å². The van der Waals surface area contributed by atoms with Gasteiger partial charge in [0.1, 0.15) is 0 Å². The van der Waals surface area contributed by atoms with E-state index in [1.165, 1.54) is 0 Å². The van der Waals surface area contributed by atoms with Crippen LogP contribution in [0.1, 0.15) is 19.3 Å². The van der Waals surface area contributed by atoms with Crippen LogP contribution in [0.2, 0.25) is 0 Å². The normalized spacial score (nSPS) is 10.0. The first kappa shape index (κ1) is 11.7. The Morgan fingerprint density at radius 1 is 1.53 bits per heavy atom. The zero-order valence-corrected chi connectivity index (χ0v) is 8.89. The molecule has 0 aliphatic rings. The Morgan fingerprint density at radius 3 is 2.93 bits per heavy atom. The third-order valence-electron chi connectivity index (χ3n) is 2.21. The molecule has 15 heavy (non-hydrogen) atoms. The van der Waals surface area contributed by atoms with Gasteiger partial charge in [-0.25, -0.2) is 0 Å². The quantitative estimate of drug-likeness (QED) is 0.740. The number of aliphatic hydroxyl groups excluding tert-OH is 1. The summed E-state index contributed by atoms with van der Waals surface area (Å²) < 4.78 is 0. The van der Waals surface area contributed by atoms with Gasteiger partial charge in [-0.15, -0.1) is 0 Å². The summed E-state index contributed by atoms with van der Waals surface area (Å²) in [7, 11) is 1.73. The fourth-order valence-corrected chi connectivity index (χ4v) is 1.25. The predicted molar refractivity (Wildman–Crippen MR) is 58.6 cm³/mol. The monoisotopic (exact) mass is 208 g/mol. The minimum atomic E-state index is 0.0523. The molecule has 0 saturated heterocycles. The van der Waals surface area contributed by atoms with E-state index in [0.29, 0.717) is 12.8 Å². The van der Waals surface area contributed by atoms with Crippen molar-refractivity contribution in [1.82, 2.24) is 4.98 Å². The Kier molecular flexibility index (Phi) is 4.77. The van der Waals surface area contributed by atoms with Gasteiger partial charge in [-0.3, -0.25) is 9.78 Å². The van der Waals surface area contributed by atoms with Crippen molar-refractivity contribution in [2.45, 2.75) is 19.3 Å². The highest BCUT2D eigenvalue weighted by Crippen LogP contribution is 2.11. The lowest BCUT2D eigenvalue weighted by atomic mass is 10.2. The maximum absolute atomic E-state index is 11.6. The SMILES string of the molecule is CN(C(=O)CCCCO)c1cccnc1. The first-order valence-electron chi connectivity index (χ1n) is 5.03. The number of hydrogen-bond donors (Lipinski definition) is 1. The molecule has 0 bridgehead atoms. The predicted octanol–water partition coefficient (Wildman–Crippen LogP) is 1.21. The van der Waals surface area contributed by atoms with Crippen molar-refractivity contribution in [2.75, 3.05) is 18.6 Å². The highest BCUT2D eigenvalue weighted by molar-refractivity contribution is 5.92. The maximum atomic E-state index is 11.6. The molecule has 1 aromatic rings. The van der Waals surface area contributed by atoms with Crippen molar-refractivity contribution in [1.29, 1.82) is 0 Å². The molecule has 0 saturated carbocycles. The van der Waals surface area contributed by atoms with Gasteiger partial charge in [-0.1, -0.05) is 0 Å². The van der Waals surface area contributed by atoms with E-state index in [4.69, 9.17) is 5.11 Å². The van der Waals surface area contributed by atoms with Crippen molar-refractivity contribution in [3.8, 4) is 0 Å². The molecule has 0 atom stereocenters. The number of amides is 1. The summed E-state index contributed by atoms with van der Waals surface area (Å²) in [6.45, 7) is 0.143. The lowest BCUT2D eigenvalue weighted by molar-refractivity contribution is -0.118. The van der Waals surface area contributed by atoms with Crippen molar-refractivity contribution in [3.63, 3.8) is 0 Å². The van der Waals surface area contributed by atoms with E-state index in [9.17, 15) is 4.79 Å². The second-order valence-electron chi connectivity index (χ2n) is 3.34. The second kappa shape index (κ2) is 6.14. The molecule has 4 heteroatoms. The van der Waals surface area contributed by atoms with E-state index in [1.54, 1.807) is 30.4 Å². The highest BCUT2D eigenvalue weighted by atomic mass is 16.3. The van der Waals surface area contributed by atoms with Crippen LogP contribution in [-0.2, 0) is 4.79 Å². The number of rotatable bonds is 5. The van der Waals surface area contributed by atoms with Crippen LogP contribution in [0, 0.1) is 0 Å². The Hall–Kier alpha value is -1.42. The van der Waals surface area contributed by atoms with E-state index >= 15 is 0 Å². The Labute approximate surface area is 89.6 Å². The van der Waals surface area contributed by atoms with Crippen LogP contribution in [0.15, 0.2) is 24.5 Å². The van der Waals surface area contributed by atoms with Crippen LogP contribution in [0.4, 0.5) is 5.69 Å². The van der Waals surface area contributed by atoms with Crippen molar-refractivity contribution in [2.24, 2.45) is 0 Å². The smallest absolute Gasteiger partial charge is 0.226 e. The third kappa shape index (κ3) is 3.67. The molecule has 4 nitrogen and oxygen atoms in total. The standard InChI is InChI=1S/C11H16N2O2/c1-13(10-5-4-7-12-9-10)11(15)6-2-3-8-14/h4-5,7,9,14H,2-3,6,8H2,1H3. The van der Waals surface area contributed by atoms with Gasteiger partial charge in [0, 0.05) is 26.3 Å². The van der Waals surface area contributed by atoms with Gasteiger partial charge in [0.15, 0.2) is 0 Å². The summed E-state index contributed by atoms with van der Waals surface area (Å²) in [5.74, 6) is 0.0523. The van der Waals surface area contributed by atoms with Crippen LogP contribution >= 0.6 is 0 Å². The molecule has 0 unspecified atom stereocenters.